The van der Waals surface area contributed by atoms with Crippen LogP contribution in [-0.2, 0) is 0 Å². The van der Waals surface area contributed by atoms with E-state index in [0.29, 0.717) is 11.5 Å². The van der Waals surface area contributed by atoms with Gasteiger partial charge in [-0.15, -0.1) is 0 Å². The van der Waals surface area contributed by atoms with Crippen molar-refractivity contribution in [3.63, 3.8) is 0 Å². The molecule has 0 bridgehead atoms. The second-order valence-electron chi connectivity index (χ2n) is 4.24. The molecule has 18 heavy (non-hydrogen) atoms. The predicted molar refractivity (Wildman–Crippen MR) is 66.6 cm³/mol. The van der Waals surface area contributed by atoms with Crippen LogP contribution in [0.4, 0.5) is 5.82 Å². The minimum Gasteiger partial charge on any atom is -0.409 e. The molecule has 1 aliphatic rings. The molecule has 1 fully saturated rings. The molecule has 0 radical (unpaired) electrons. The van der Waals surface area contributed by atoms with E-state index < -0.39 is 0 Å². The fourth-order valence-corrected chi connectivity index (χ4v) is 2.24. The Balaban J connectivity index is 2.37. The maximum absolute atomic E-state index is 9.41. The summed E-state index contributed by atoms with van der Waals surface area (Å²) in [5, 5.41) is 21.1. The number of nitrogens with two attached hydrogens (primary N) is 1. The van der Waals surface area contributed by atoms with Crippen LogP contribution in [0.5, 0.6) is 0 Å². The van der Waals surface area contributed by atoms with Crippen LogP contribution in [0.1, 0.15) is 25.0 Å². The summed E-state index contributed by atoms with van der Waals surface area (Å²) in [5.74, 6) is 0.493. The van der Waals surface area contributed by atoms with Gasteiger partial charge in [0.2, 0.25) is 0 Å². The predicted octanol–water partition coefficient (Wildman–Crippen LogP) is -0.0777. The Hall–Kier alpha value is -1.89. The van der Waals surface area contributed by atoms with Crippen LogP contribution in [0.2, 0.25) is 0 Å². The summed E-state index contributed by atoms with van der Waals surface area (Å²) in [4.78, 5) is 10.3. The van der Waals surface area contributed by atoms with Crippen LogP contribution in [0.3, 0.4) is 0 Å². The van der Waals surface area contributed by atoms with Crippen LogP contribution in [0.15, 0.2) is 17.5 Å². The number of hydrogen-bond donors (Lipinski definition) is 3. The van der Waals surface area contributed by atoms with Gasteiger partial charge < -0.3 is 20.9 Å². The van der Waals surface area contributed by atoms with Gasteiger partial charge in [0.1, 0.15) is 0 Å². The van der Waals surface area contributed by atoms with Crippen LogP contribution < -0.4 is 10.6 Å². The molecule has 7 nitrogen and oxygen atoms in total. The van der Waals surface area contributed by atoms with E-state index in [9.17, 15) is 5.11 Å². The number of rotatable bonds is 3. The zero-order chi connectivity index (χ0) is 13.0. The third-order valence-electron chi connectivity index (χ3n) is 3.14. The monoisotopic (exact) mass is 251 g/mol. The zero-order valence-corrected chi connectivity index (χ0v) is 10.0. The lowest BCUT2D eigenvalue weighted by atomic mass is 10.0. The van der Waals surface area contributed by atoms with E-state index in [4.69, 9.17) is 10.9 Å². The molecule has 2 heterocycles. The van der Waals surface area contributed by atoms with Crippen molar-refractivity contribution < 1.29 is 10.3 Å². The first-order valence-corrected chi connectivity index (χ1v) is 5.94. The number of amidine groups is 1. The molecule has 0 spiro atoms. The summed E-state index contributed by atoms with van der Waals surface area (Å²) < 4.78 is 0. The van der Waals surface area contributed by atoms with Crippen LogP contribution in [-0.4, -0.2) is 45.3 Å². The highest BCUT2D eigenvalue weighted by Crippen LogP contribution is 2.24. The third kappa shape index (κ3) is 2.35. The lowest BCUT2D eigenvalue weighted by Gasteiger charge is -2.36. The Bertz CT molecular complexity index is 437. The Morgan fingerprint density at radius 2 is 2.22 bits per heavy atom. The first kappa shape index (κ1) is 12.6. The van der Waals surface area contributed by atoms with Gasteiger partial charge in [-0.25, -0.2) is 9.97 Å². The highest BCUT2D eigenvalue weighted by Gasteiger charge is 2.26. The molecular formula is C11H17N5O2. The van der Waals surface area contributed by atoms with E-state index in [-0.39, 0.29) is 18.5 Å². The largest absolute Gasteiger partial charge is 0.409 e. The van der Waals surface area contributed by atoms with Crippen molar-refractivity contribution in [1.82, 2.24) is 9.97 Å². The Kier molecular flexibility index (Phi) is 3.93. The smallest absolute Gasteiger partial charge is 0.192 e. The summed E-state index contributed by atoms with van der Waals surface area (Å²) in [5.41, 5.74) is 5.94. The van der Waals surface area contributed by atoms with E-state index in [1.807, 2.05) is 4.90 Å². The van der Waals surface area contributed by atoms with Gasteiger partial charge >= 0.3 is 0 Å². The number of aliphatic hydroxyl groups excluding tert-OH is 1. The van der Waals surface area contributed by atoms with Gasteiger partial charge in [0.15, 0.2) is 17.3 Å². The van der Waals surface area contributed by atoms with Crippen molar-refractivity contribution in [3.05, 3.63) is 18.1 Å². The molecule has 0 amide bonds. The number of nitrogens with zero attached hydrogens (tertiary/aromatic N) is 4. The summed E-state index contributed by atoms with van der Waals surface area (Å²) >= 11 is 0. The summed E-state index contributed by atoms with van der Waals surface area (Å²) in [7, 11) is 0. The lowest BCUT2D eigenvalue weighted by Crippen LogP contribution is -2.43. The quantitative estimate of drug-likeness (QED) is 0.300. The minimum atomic E-state index is -0.0691. The molecule has 1 aromatic rings. The number of anilines is 1. The van der Waals surface area contributed by atoms with E-state index >= 15 is 0 Å². The Labute approximate surface area is 105 Å². The lowest BCUT2D eigenvalue weighted by molar-refractivity contribution is 0.239. The summed E-state index contributed by atoms with van der Waals surface area (Å²) in [6, 6.07) is 0.0145. The van der Waals surface area contributed by atoms with Crippen molar-refractivity contribution in [3.8, 4) is 0 Å². The number of hydrogen-bond acceptors (Lipinski definition) is 6. The van der Waals surface area contributed by atoms with Gasteiger partial charge in [0, 0.05) is 18.9 Å². The average Bonchev–Trinajstić information content (AvgIpc) is 2.46. The molecule has 1 aromatic heterocycles. The van der Waals surface area contributed by atoms with Crippen LogP contribution in [0, 0.1) is 0 Å². The molecule has 0 aromatic carbocycles. The highest BCUT2D eigenvalue weighted by atomic mass is 16.4. The third-order valence-corrected chi connectivity index (χ3v) is 3.14. The molecule has 0 saturated carbocycles. The molecule has 1 unspecified atom stereocenters. The normalized spacial score (nSPS) is 21.1. The second kappa shape index (κ2) is 5.63. The van der Waals surface area contributed by atoms with Gasteiger partial charge in [0.05, 0.1) is 12.6 Å². The van der Waals surface area contributed by atoms with Gasteiger partial charge in [-0.2, -0.15) is 0 Å². The van der Waals surface area contributed by atoms with E-state index in [2.05, 4.69) is 15.1 Å². The van der Waals surface area contributed by atoms with E-state index in [1.54, 1.807) is 6.20 Å². The first-order chi connectivity index (χ1) is 8.77. The zero-order valence-electron chi connectivity index (χ0n) is 10.0. The number of aliphatic hydroxyl groups is 1. The van der Waals surface area contributed by atoms with Crippen LogP contribution >= 0.6 is 0 Å². The standard InChI is InChI=1S/C11H17N5O2/c12-10(15-18)9-11(14-5-4-13-9)16-6-2-1-3-8(16)7-17/h4-5,8,17-18H,1-3,6-7H2,(H2,12,15). The molecule has 4 N–H and O–H groups in total. The fourth-order valence-electron chi connectivity index (χ4n) is 2.24. The van der Waals surface area contributed by atoms with E-state index in [1.165, 1.54) is 6.20 Å². The maximum Gasteiger partial charge on any atom is 0.192 e. The Morgan fingerprint density at radius 3 is 2.94 bits per heavy atom. The molecule has 0 aliphatic carbocycles. The van der Waals surface area contributed by atoms with Crippen LogP contribution in [0.25, 0.3) is 0 Å². The van der Waals surface area contributed by atoms with Crippen molar-refractivity contribution in [1.29, 1.82) is 0 Å². The van der Waals surface area contributed by atoms with Crippen molar-refractivity contribution in [2.24, 2.45) is 10.9 Å². The highest BCUT2D eigenvalue weighted by molar-refractivity contribution is 5.99. The topological polar surface area (TPSA) is 108 Å². The van der Waals surface area contributed by atoms with Crippen molar-refractivity contribution in [2.45, 2.75) is 25.3 Å². The average molecular weight is 251 g/mol. The number of piperidine rings is 1. The van der Waals surface area contributed by atoms with Gasteiger partial charge in [0.25, 0.3) is 0 Å². The van der Waals surface area contributed by atoms with Gasteiger partial charge in [-0.1, -0.05) is 5.16 Å². The minimum absolute atomic E-state index is 0.0145. The molecule has 1 atom stereocenters. The molecule has 1 saturated heterocycles. The van der Waals surface area contributed by atoms with Gasteiger partial charge in [-0.05, 0) is 19.3 Å². The van der Waals surface area contributed by atoms with Gasteiger partial charge in [-0.3, -0.25) is 0 Å². The fraction of sp³-hybridized carbons (Fsp3) is 0.545. The number of oxime groups is 1. The molecular weight excluding hydrogens is 234 g/mol. The van der Waals surface area contributed by atoms with Crippen molar-refractivity contribution >= 4 is 11.7 Å². The maximum atomic E-state index is 9.41. The van der Waals surface area contributed by atoms with E-state index in [0.717, 1.165) is 25.8 Å². The van der Waals surface area contributed by atoms with Crippen molar-refractivity contribution in [2.75, 3.05) is 18.1 Å². The molecule has 98 valence electrons. The summed E-state index contributed by atoms with van der Waals surface area (Å²) in [6.07, 6.45) is 6.08. The molecule has 1 aliphatic heterocycles. The second-order valence-corrected chi connectivity index (χ2v) is 4.24. The summed E-state index contributed by atoms with van der Waals surface area (Å²) in [6.45, 7) is 0.849. The molecule has 7 heteroatoms. The Morgan fingerprint density at radius 1 is 1.44 bits per heavy atom. The molecule has 2 rings (SSSR count). The first-order valence-electron chi connectivity index (χ1n) is 5.94. The SMILES string of the molecule is N/C(=N/O)c1nccnc1N1CCCCC1CO. The number of aromatic nitrogens is 2.